The SMILES string of the molecule is CC(C)(C)c1cc(C(=O)c2ccccc2O)cc2c(=O)c3ccccc3oc12. The van der Waals surface area contributed by atoms with Gasteiger partial charge in [0.1, 0.15) is 16.9 Å². The number of carbonyl (C=O) groups is 1. The van der Waals surface area contributed by atoms with Crippen molar-refractivity contribution in [2.45, 2.75) is 26.2 Å². The monoisotopic (exact) mass is 372 g/mol. The molecule has 0 unspecified atom stereocenters. The summed E-state index contributed by atoms with van der Waals surface area (Å²) in [5.41, 5.74) is 1.80. The first kappa shape index (κ1) is 18.0. The number of para-hydroxylation sites is 2. The molecule has 0 saturated carbocycles. The van der Waals surface area contributed by atoms with E-state index in [1.165, 1.54) is 6.07 Å². The molecular weight excluding hydrogens is 352 g/mol. The highest BCUT2D eigenvalue weighted by atomic mass is 16.3. The molecule has 3 aromatic carbocycles. The van der Waals surface area contributed by atoms with Crippen LogP contribution in [0.2, 0.25) is 0 Å². The normalized spacial score (nSPS) is 11.8. The molecule has 4 nitrogen and oxygen atoms in total. The second kappa shape index (κ2) is 6.34. The summed E-state index contributed by atoms with van der Waals surface area (Å²) in [4.78, 5) is 26.2. The summed E-state index contributed by atoms with van der Waals surface area (Å²) in [6.45, 7) is 6.02. The lowest BCUT2D eigenvalue weighted by atomic mass is 9.83. The maximum absolute atomic E-state index is 13.1. The summed E-state index contributed by atoms with van der Waals surface area (Å²) in [6.07, 6.45) is 0. The maximum Gasteiger partial charge on any atom is 0.200 e. The van der Waals surface area contributed by atoms with Gasteiger partial charge in [0.25, 0.3) is 0 Å². The third kappa shape index (κ3) is 2.87. The Balaban J connectivity index is 2.08. The van der Waals surface area contributed by atoms with Gasteiger partial charge in [0.05, 0.1) is 16.3 Å². The molecular formula is C24H20O4. The van der Waals surface area contributed by atoms with Crippen LogP contribution < -0.4 is 5.43 Å². The lowest BCUT2D eigenvalue weighted by molar-refractivity contribution is 0.103. The smallest absolute Gasteiger partial charge is 0.200 e. The van der Waals surface area contributed by atoms with E-state index >= 15 is 0 Å². The number of carbonyl (C=O) groups excluding carboxylic acids is 1. The van der Waals surface area contributed by atoms with E-state index in [9.17, 15) is 14.7 Å². The van der Waals surface area contributed by atoms with Gasteiger partial charge in [-0.15, -0.1) is 0 Å². The quantitative estimate of drug-likeness (QED) is 0.389. The molecule has 0 aliphatic carbocycles. The standard InChI is InChI=1S/C24H20O4/c1-24(2,3)18-13-14(21(26)15-8-4-6-10-19(15)25)12-17-22(27)16-9-5-7-11-20(16)28-23(17)18/h4-13,25H,1-3H3. The van der Waals surface area contributed by atoms with Crippen molar-refractivity contribution in [2.75, 3.05) is 0 Å². The molecule has 0 amide bonds. The van der Waals surface area contributed by atoms with Crippen molar-refractivity contribution in [1.82, 2.24) is 0 Å². The van der Waals surface area contributed by atoms with Crippen molar-refractivity contribution in [3.8, 4) is 5.75 Å². The molecule has 0 aliphatic heterocycles. The van der Waals surface area contributed by atoms with Gasteiger partial charge in [-0.1, -0.05) is 45.0 Å². The second-order valence-electron chi connectivity index (χ2n) is 7.92. The number of phenols is 1. The number of hydrogen-bond donors (Lipinski definition) is 1. The van der Waals surface area contributed by atoms with E-state index in [0.29, 0.717) is 27.5 Å². The van der Waals surface area contributed by atoms with Crippen LogP contribution in [0.1, 0.15) is 42.3 Å². The molecule has 28 heavy (non-hydrogen) atoms. The first-order valence-electron chi connectivity index (χ1n) is 9.10. The van der Waals surface area contributed by atoms with E-state index in [-0.39, 0.29) is 27.9 Å². The minimum absolute atomic E-state index is 0.0875. The average molecular weight is 372 g/mol. The van der Waals surface area contributed by atoms with Crippen LogP contribution in [0.5, 0.6) is 5.75 Å². The van der Waals surface area contributed by atoms with E-state index in [1.54, 1.807) is 48.5 Å². The van der Waals surface area contributed by atoms with Crippen LogP contribution in [-0.2, 0) is 5.41 Å². The fraction of sp³-hybridized carbons (Fsp3) is 0.167. The third-order valence-electron chi connectivity index (χ3n) is 4.90. The Morgan fingerprint density at radius 3 is 2.32 bits per heavy atom. The molecule has 0 fully saturated rings. The largest absolute Gasteiger partial charge is 0.507 e. The molecule has 0 spiro atoms. The zero-order valence-corrected chi connectivity index (χ0v) is 15.9. The highest BCUT2D eigenvalue weighted by Crippen LogP contribution is 2.33. The van der Waals surface area contributed by atoms with Gasteiger partial charge in [-0.25, -0.2) is 0 Å². The predicted octanol–water partition coefficient (Wildman–Crippen LogP) is 5.18. The summed E-state index contributed by atoms with van der Waals surface area (Å²) < 4.78 is 6.09. The summed E-state index contributed by atoms with van der Waals surface area (Å²) in [6, 6.07) is 16.8. The predicted molar refractivity (Wildman–Crippen MR) is 110 cm³/mol. The average Bonchev–Trinajstić information content (AvgIpc) is 2.67. The van der Waals surface area contributed by atoms with E-state index in [2.05, 4.69) is 0 Å². The number of ketones is 1. The van der Waals surface area contributed by atoms with Gasteiger partial charge in [-0.3, -0.25) is 9.59 Å². The Morgan fingerprint density at radius 1 is 0.929 bits per heavy atom. The molecule has 0 saturated heterocycles. The van der Waals surface area contributed by atoms with Gasteiger partial charge >= 0.3 is 0 Å². The van der Waals surface area contributed by atoms with E-state index < -0.39 is 0 Å². The summed E-state index contributed by atoms with van der Waals surface area (Å²) in [7, 11) is 0. The van der Waals surface area contributed by atoms with Crippen LogP contribution in [-0.4, -0.2) is 10.9 Å². The van der Waals surface area contributed by atoms with Crippen molar-refractivity contribution in [3.63, 3.8) is 0 Å². The Kier molecular flexibility index (Phi) is 4.07. The van der Waals surface area contributed by atoms with Gasteiger partial charge in [0.15, 0.2) is 5.78 Å². The minimum atomic E-state index is -0.355. The molecule has 1 aromatic heterocycles. The zero-order chi connectivity index (χ0) is 20.1. The van der Waals surface area contributed by atoms with Crippen LogP contribution in [0.25, 0.3) is 21.9 Å². The number of rotatable bonds is 2. The van der Waals surface area contributed by atoms with Gasteiger partial charge < -0.3 is 9.52 Å². The van der Waals surface area contributed by atoms with E-state index in [1.807, 2.05) is 26.8 Å². The minimum Gasteiger partial charge on any atom is -0.507 e. The van der Waals surface area contributed by atoms with Crippen molar-refractivity contribution in [3.05, 3.63) is 87.6 Å². The maximum atomic E-state index is 13.1. The summed E-state index contributed by atoms with van der Waals surface area (Å²) in [5.74, 6) is -0.423. The fourth-order valence-corrected chi connectivity index (χ4v) is 3.42. The van der Waals surface area contributed by atoms with Gasteiger partial charge in [0, 0.05) is 11.1 Å². The lowest BCUT2D eigenvalue weighted by Crippen LogP contribution is -2.16. The Bertz CT molecular complexity index is 1290. The number of phenolic OH excluding ortho intramolecular Hbond substituents is 1. The van der Waals surface area contributed by atoms with Crippen molar-refractivity contribution in [1.29, 1.82) is 0 Å². The summed E-state index contributed by atoms with van der Waals surface area (Å²) >= 11 is 0. The van der Waals surface area contributed by atoms with Crippen LogP contribution in [0.3, 0.4) is 0 Å². The Labute approximate surface area is 162 Å². The van der Waals surface area contributed by atoms with E-state index in [4.69, 9.17) is 4.42 Å². The molecule has 140 valence electrons. The number of aromatic hydroxyl groups is 1. The molecule has 1 heterocycles. The molecule has 0 aliphatic rings. The number of hydrogen-bond acceptors (Lipinski definition) is 4. The van der Waals surface area contributed by atoms with E-state index in [0.717, 1.165) is 5.56 Å². The third-order valence-corrected chi connectivity index (χ3v) is 4.90. The van der Waals surface area contributed by atoms with Crippen LogP contribution in [0.15, 0.2) is 69.9 Å². The molecule has 4 heteroatoms. The van der Waals surface area contributed by atoms with Gasteiger partial charge in [-0.05, 0) is 41.8 Å². The number of fused-ring (bicyclic) bond motifs is 2. The topological polar surface area (TPSA) is 67.5 Å². The lowest BCUT2D eigenvalue weighted by Gasteiger charge is -2.21. The zero-order valence-electron chi connectivity index (χ0n) is 15.9. The molecule has 0 radical (unpaired) electrons. The summed E-state index contributed by atoms with van der Waals surface area (Å²) in [5, 5.41) is 10.9. The molecule has 1 N–H and O–H groups in total. The highest BCUT2D eigenvalue weighted by molar-refractivity contribution is 6.12. The Hall–Kier alpha value is -3.40. The van der Waals surface area contributed by atoms with Crippen molar-refractivity contribution >= 4 is 27.7 Å². The molecule has 4 rings (SSSR count). The van der Waals surface area contributed by atoms with Crippen LogP contribution in [0.4, 0.5) is 0 Å². The van der Waals surface area contributed by atoms with Crippen LogP contribution in [0, 0.1) is 0 Å². The molecule has 0 bridgehead atoms. The van der Waals surface area contributed by atoms with Crippen molar-refractivity contribution < 1.29 is 14.3 Å². The first-order valence-corrected chi connectivity index (χ1v) is 9.10. The number of benzene rings is 3. The Morgan fingerprint density at radius 2 is 1.61 bits per heavy atom. The first-order chi connectivity index (χ1) is 13.3. The fourth-order valence-electron chi connectivity index (χ4n) is 3.42. The highest BCUT2D eigenvalue weighted by Gasteiger charge is 2.24. The van der Waals surface area contributed by atoms with Crippen LogP contribution >= 0.6 is 0 Å². The second-order valence-corrected chi connectivity index (χ2v) is 7.92. The van der Waals surface area contributed by atoms with Gasteiger partial charge in [0.2, 0.25) is 5.43 Å². The molecule has 4 aromatic rings. The van der Waals surface area contributed by atoms with Crippen molar-refractivity contribution in [2.24, 2.45) is 0 Å². The van der Waals surface area contributed by atoms with Gasteiger partial charge in [-0.2, -0.15) is 0 Å². The molecule has 0 atom stereocenters.